The highest BCUT2D eigenvalue weighted by Gasteiger charge is 2.19. The minimum absolute atomic E-state index is 0.187. The van der Waals surface area contributed by atoms with Crippen LogP contribution in [0.25, 0.3) is 11.1 Å². The van der Waals surface area contributed by atoms with Crippen molar-refractivity contribution in [2.45, 2.75) is 32.9 Å². The van der Waals surface area contributed by atoms with Gasteiger partial charge in [-0.15, -0.1) is 0 Å². The summed E-state index contributed by atoms with van der Waals surface area (Å²) in [6.07, 6.45) is 0. The van der Waals surface area contributed by atoms with E-state index in [1.165, 1.54) is 4.57 Å². The molecule has 2 rings (SSSR count). The molecule has 0 unspecified atom stereocenters. The van der Waals surface area contributed by atoms with Crippen LogP contribution in [0.5, 0.6) is 0 Å². The van der Waals surface area contributed by atoms with Gasteiger partial charge in [0.1, 0.15) is 12.1 Å². The number of nitrogen functional groups attached to an aromatic ring is 1. The van der Waals surface area contributed by atoms with Gasteiger partial charge in [0.25, 0.3) is 0 Å². The van der Waals surface area contributed by atoms with Crippen molar-refractivity contribution in [2.24, 2.45) is 0 Å². The average Bonchev–Trinajstić information content (AvgIpc) is 2.51. The van der Waals surface area contributed by atoms with Gasteiger partial charge >= 0.3 is 11.7 Å². The first kappa shape index (κ1) is 13.2. The molecule has 102 valence electrons. The summed E-state index contributed by atoms with van der Waals surface area (Å²) in [4.78, 5) is 23.4. The Morgan fingerprint density at radius 2 is 2.11 bits per heavy atom. The van der Waals surface area contributed by atoms with Gasteiger partial charge in [0, 0.05) is 11.8 Å². The minimum atomic E-state index is -0.605. The number of nitrogens with two attached hydrogens (primary N) is 1. The molecular weight excluding hydrogens is 248 g/mol. The van der Waals surface area contributed by atoms with Crippen LogP contribution in [0.15, 0.2) is 27.4 Å². The maximum atomic E-state index is 11.7. The van der Waals surface area contributed by atoms with Gasteiger partial charge in [-0.2, -0.15) is 0 Å². The number of rotatable bonds is 2. The standard InChI is InChI=1S/C13H16N2O4/c1-13(2,3)19-11(16)7-15-9-5-4-8(14)6-10(9)18-12(15)17/h4-6H,7,14H2,1-3H3. The first-order valence-corrected chi connectivity index (χ1v) is 5.87. The number of anilines is 1. The van der Waals surface area contributed by atoms with Gasteiger partial charge in [0.15, 0.2) is 5.58 Å². The summed E-state index contributed by atoms with van der Waals surface area (Å²) in [5.41, 5.74) is 6.38. The number of hydrogen-bond acceptors (Lipinski definition) is 5. The maximum absolute atomic E-state index is 11.7. The normalized spacial score (nSPS) is 11.7. The highest BCUT2D eigenvalue weighted by molar-refractivity contribution is 5.79. The van der Waals surface area contributed by atoms with E-state index in [1.807, 2.05) is 0 Å². The van der Waals surface area contributed by atoms with Crippen molar-refractivity contribution in [3.8, 4) is 0 Å². The molecule has 2 N–H and O–H groups in total. The third kappa shape index (κ3) is 2.96. The number of carbonyl (C=O) groups is 1. The van der Waals surface area contributed by atoms with Crippen LogP contribution in [-0.4, -0.2) is 16.1 Å². The van der Waals surface area contributed by atoms with E-state index >= 15 is 0 Å². The van der Waals surface area contributed by atoms with Gasteiger partial charge in [-0.3, -0.25) is 9.36 Å². The Morgan fingerprint density at radius 3 is 2.74 bits per heavy atom. The molecule has 1 aromatic heterocycles. The zero-order valence-corrected chi connectivity index (χ0v) is 11.1. The molecule has 0 aliphatic heterocycles. The second-order valence-electron chi connectivity index (χ2n) is 5.27. The number of esters is 1. The van der Waals surface area contributed by atoms with Gasteiger partial charge in [-0.1, -0.05) is 0 Å². The summed E-state index contributed by atoms with van der Waals surface area (Å²) in [5.74, 6) is -1.10. The third-order valence-electron chi connectivity index (χ3n) is 2.40. The Kier molecular flexibility index (Phi) is 3.09. The molecule has 6 nitrogen and oxygen atoms in total. The van der Waals surface area contributed by atoms with Crippen molar-refractivity contribution >= 4 is 22.8 Å². The lowest BCUT2D eigenvalue weighted by molar-refractivity contribution is -0.155. The highest BCUT2D eigenvalue weighted by atomic mass is 16.6. The van der Waals surface area contributed by atoms with Crippen LogP contribution in [0.3, 0.4) is 0 Å². The van der Waals surface area contributed by atoms with Gasteiger partial charge in [-0.25, -0.2) is 4.79 Å². The Morgan fingerprint density at radius 1 is 1.42 bits per heavy atom. The summed E-state index contributed by atoms with van der Waals surface area (Å²) in [6.45, 7) is 5.11. The Balaban J connectivity index is 2.33. The smallest absolute Gasteiger partial charge is 0.420 e. The van der Waals surface area contributed by atoms with Crippen LogP contribution in [0.2, 0.25) is 0 Å². The van der Waals surface area contributed by atoms with Crippen LogP contribution in [-0.2, 0) is 16.1 Å². The SMILES string of the molecule is CC(C)(C)OC(=O)Cn1c(=O)oc2cc(N)ccc21. The molecule has 0 radical (unpaired) electrons. The van der Waals surface area contributed by atoms with Crippen molar-refractivity contribution < 1.29 is 13.9 Å². The van der Waals surface area contributed by atoms with Crippen LogP contribution < -0.4 is 11.5 Å². The van der Waals surface area contributed by atoms with E-state index in [2.05, 4.69) is 0 Å². The summed E-state index contributed by atoms with van der Waals surface area (Å²) >= 11 is 0. The molecule has 0 saturated heterocycles. The van der Waals surface area contributed by atoms with E-state index in [1.54, 1.807) is 39.0 Å². The molecule has 1 heterocycles. The molecule has 0 atom stereocenters. The molecule has 19 heavy (non-hydrogen) atoms. The quantitative estimate of drug-likeness (QED) is 0.656. The van der Waals surface area contributed by atoms with E-state index < -0.39 is 17.3 Å². The summed E-state index contributed by atoms with van der Waals surface area (Å²) in [7, 11) is 0. The third-order valence-corrected chi connectivity index (χ3v) is 2.40. The van der Waals surface area contributed by atoms with E-state index in [0.29, 0.717) is 16.8 Å². The molecule has 0 fully saturated rings. The molecule has 1 aromatic carbocycles. The average molecular weight is 264 g/mol. The van der Waals surface area contributed by atoms with Gasteiger partial charge < -0.3 is 14.9 Å². The summed E-state index contributed by atoms with van der Waals surface area (Å²) in [6, 6.07) is 4.82. The van der Waals surface area contributed by atoms with Gasteiger partial charge in [0.2, 0.25) is 0 Å². The first-order valence-electron chi connectivity index (χ1n) is 5.87. The zero-order chi connectivity index (χ0) is 14.2. The van der Waals surface area contributed by atoms with E-state index in [-0.39, 0.29) is 6.54 Å². The number of aromatic nitrogens is 1. The second-order valence-corrected chi connectivity index (χ2v) is 5.27. The predicted octanol–water partition coefficient (Wildman–Crippen LogP) is 1.52. The first-order chi connectivity index (χ1) is 8.76. The summed E-state index contributed by atoms with van der Waals surface area (Å²) in [5, 5.41) is 0. The molecule has 6 heteroatoms. The van der Waals surface area contributed by atoms with Gasteiger partial charge in [0.05, 0.1) is 5.52 Å². The zero-order valence-electron chi connectivity index (χ0n) is 11.1. The topological polar surface area (TPSA) is 87.5 Å². The molecular formula is C13H16N2O4. The number of nitrogens with zero attached hydrogens (tertiary/aromatic N) is 1. The number of fused-ring (bicyclic) bond motifs is 1. The van der Waals surface area contributed by atoms with Crippen molar-refractivity contribution in [1.29, 1.82) is 0 Å². The summed E-state index contributed by atoms with van der Waals surface area (Å²) < 4.78 is 11.4. The molecule has 0 bridgehead atoms. The fourth-order valence-corrected chi connectivity index (χ4v) is 1.74. The number of carbonyl (C=O) groups excluding carboxylic acids is 1. The molecule has 0 spiro atoms. The predicted molar refractivity (Wildman–Crippen MR) is 70.7 cm³/mol. The number of benzene rings is 1. The number of hydrogen-bond donors (Lipinski definition) is 1. The minimum Gasteiger partial charge on any atom is -0.459 e. The second kappa shape index (κ2) is 4.46. The molecule has 2 aromatic rings. The number of oxazole rings is 1. The van der Waals surface area contributed by atoms with E-state index in [9.17, 15) is 9.59 Å². The highest BCUT2D eigenvalue weighted by Crippen LogP contribution is 2.16. The number of ether oxygens (including phenoxy) is 1. The molecule has 0 amide bonds. The fourth-order valence-electron chi connectivity index (χ4n) is 1.74. The van der Waals surface area contributed by atoms with Crippen LogP contribution >= 0.6 is 0 Å². The van der Waals surface area contributed by atoms with Crippen LogP contribution in [0.1, 0.15) is 20.8 Å². The van der Waals surface area contributed by atoms with Gasteiger partial charge in [-0.05, 0) is 32.9 Å². The lowest BCUT2D eigenvalue weighted by Crippen LogP contribution is -2.29. The molecule has 0 saturated carbocycles. The lowest BCUT2D eigenvalue weighted by atomic mass is 10.2. The monoisotopic (exact) mass is 264 g/mol. The Labute approximate surface area is 109 Å². The van der Waals surface area contributed by atoms with Crippen molar-refractivity contribution in [3.63, 3.8) is 0 Å². The van der Waals surface area contributed by atoms with Crippen molar-refractivity contribution in [1.82, 2.24) is 4.57 Å². The molecule has 0 aliphatic rings. The van der Waals surface area contributed by atoms with E-state index in [4.69, 9.17) is 14.9 Å². The van der Waals surface area contributed by atoms with Crippen molar-refractivity contribution in [2.75, 3.05) is 5.73 Å². The Bertz CT molecular complexity index is 676. The fraction of sp³-hybridized carbons (Fsp3) is 0.385. The maximum Gasteiger partial charge on any atom is 0.420 e. The van der Waals surface area contributed by atoms with Crippen LogP contribution in [0.4, 0.5) is 5.69 Å². The van der Waals surface area contributed by atoms with Crippen LogP contribution in [0, 0.1) is 0 Å². The molecule has 0 aliphatic carbocycles. The van der Waals surface area contributed by atoms with E-state index in [0.717, 1.165) is 0 Å². The van der Waals surface area contributed by atoms with Crippen molar-refractivity contribution in [3.05, 3.63) is 28.7 Å². The lowest BCUT2D eigenvalue weighted by Gasteiger charge is -2.19. The largest absolute Gasteiger partial charge is 0.459 e. The Hall–Kier alpha value is -2.24.